The Kier molecular flexibility index (Phi) is 6.59. The van der Waals surface area contributed by atoms with E-state index in [1.54, 1.807) is 20.8 Å². The third-order valence-electron chi connectivity index (χ3n) is 2.72. The van der Waals surface area contributed by atoms with Gasteiger partial charge in [0, 0.05) is 6.04 Å². The summed E-state index contributed by atoms with van der Waals surface area (Å²) in [6.07, 6.45) is 1.96. The number of ether oxygens (including phenoxy) is 1. The summed E-state index contributed by atoms with van der Waals surface area (Å²) in [6.45, 7) is 12.6. The molecule has 1 amide bonds. The van der Waals surface area contributed by atoms with E-state index >= 15 is 0 Å². The van der Waals surface area contributed by atoms with E-state index in [0.29, 0.717) is 12.8 Å². The maximum atomic E-state index is 12.2. The maximum Gasteiger partial charge on any atom is 0.411 e. The number of carbonyl (C=O) groups is 2. The van der Waals surface area contributed by atoms with E-state index in [0.717, 1.165) is 0 Å². The molecule has 110 valence electrons. The van der Waals surface area contributed by atoms with Gasteiger partial charge in [0.25, 0.3) is 0 Å². The molecule has 19 heavy (non-hydrogen) atoms. The molecule has 0 aliphatic heterocycles. The molecule has 1 atom stereocenters. The van der Waals surface area contributed by atoms with E-state index in [1.807, 2.05) is 13.8 Å². The van der Waals surface area contributed by atoms with Crippen molar-refractivity contribution in [2.75, 3.05) is 0 Å². The second-order valence-corrected chi connectivity index (χ2v) is 5.38. The molecule has 0 aromatic heterocycles. The van der Waals surface area contributed by atoms with Gasteiger partial charge in [-0.05, 0) is 33.6 Å². The van der Waals surface area contributed by atoms with Crippen molar-refractivity contribution in [3.8, 4) is 0 Å². The van der Waals surface area contributed by atoms with Gasteiger partial charge in [-0.3, -0.25) is 4.90 Å². The third kappa shape index (κ3) is 5.32. The van der Waals surface area contributed by atoms with E-state index in [9.17, 15) is 14.7 Å². The molecule has 0 aliphatic carbocycles. The zero-order chi connectivity index (χ0) is 15.2. The number of carbonyl (C=O) groups excluding carboxylic acids is 1. The summed E-state index contributed by atoms with van der Waals surface area (Å²) in [4.78, 5) is 24.7. The van der Waals surface area contributed by atoms with Crippen molar-refractivity contribution in [2.45, 2.75) is 65.1 Å². The molecular weight excluding hydrogens is 246 g/mol. The smallest absolute Gasteiger partial charge is 0.411 e. The Morgan fingerprint density at radius 3 is 2.05 bits per heavy atom. The van der Waals surface area contributed by atoms with Crippen LogP contribution in [0.1, 0.15) is 47.5 Å². The minimum atomic E-state index is -1.10. The largest absolute Gasteiger partial charge is 0.479 e. The SMILES string of the molecule is C=C[C@@H](C(=O)O)N(C(=O)OC(C)(C)C)C(CC)CC. The Hall–Kier alpha value is -1.52. The van der Waals surface area contributed by atoms with E-state index in [2.05, 4.69) is 6.58 Å². The first-order valence-corrected chi connectivity index (χ1v) is 6.54. The summed E-state index contributed by atoms with van der Waals surface area (Å²) >= 11 is 0. The number of amides is 1. The summed E-state index contributed by atoms with van der Waals surface area (Å²) in [5.41, 5.74) is -0.661. The van der Waals surface area contributed by atoms with Crippen molar-refractivity contribution >= 4 is 12.1 Å². The highest BCUT2D eigenvalue weighted by atomic mass is 16.6. The Labute approximate surface area is 115 Å². The summed E-state index contributed by atoms with van der Waals surface area (Å²) in [7, 11) is 0. The molecule has 5 heteroatoms. The molecule has 0 rings (SSSR count). The lowest BCUT2D eigenvalue weighted by molar-refractivity contribution is -0.142. The van der Waals surface area contributed by atoms with Crippen LogP contribution in [0.4, 0.5) is 4.79 Å². The van der Waals surface area contributed by atoms with Gasteiger partial charge in [0.15, 0.2) is 6.04 Å². The highest BCUT2D eigenvalue weighted by molar-refractivity contribution is 5.82. The van der Waals surface area contributed by atoms with Crippen molar-refractivity contribution < 1.29 is 19.4 Å². The van der Waals surface area contributed by atoms with Gasteiger partial charge in [0.1, 0.15) is 5.60 Å². The van der Waals surface area contributed by atoms with Crippen LogP contribution in [0.25, 0.3) is 0 Å². The number of carboxylic acid groups (broad SMARTS) is 1. The van der Waals surface area contributed by atoms with Crippen LogP contribution in [0.15, 0.2) is 12.7 Å². The second-order valence-electron chi connectivity index (χ2n) is 5.38. The van der Waals surface area contributed by atoms with Gasteiger partial charge in [-0.25, -0.2) is 9.59 Å². The number of aliphatic carboxylic acids is 1. The molecule has 0 spiro atoms. The fourth-order valence-electron chi connectivity index (χ4n) is 1.82. The molecular formula is C14H25NO4. The molecule has 5 nitrogen and oxygen atoms in total. The summed E-state index contributed by atoms with van der Waals surface area (Å²) in [6, 6.07) is -1.26. The van der Waals surface area contributed by atoms with Crippen molar-refractivity contribution in [1.82, 2.24) is 4.90 Å². The normalized spacial score (nSPS) is 12.9. The fourth-order valence-corrected chi connectivity index (χ4v) is 1.82. The van der Waals surface area contributed by atoms with E-state index in [1.165, 1.54) is 11.0 Å². The van der Waals surface area contributed by atoms with Gasteiger partial charge in [0.05, 0.1) is 0 Å². The van der Waals surface area contributed by atoms with Crippen LogP contribution < -0.4 is 0 Å². The van der Waals surface area contributed by atoms with E-state index in [4.69, 9.17) is 4.74 Å². The fraction of sp³-hybridized carbons (Fsp3) is 0.714. The van der Waals surface area contributed by atoms with Crippen LogP contribution >= 0.6 is 0 Å². The molecule has 0 unspecified atom stereocenters. The molecule has 0 fully saturated rings. The van der Waals surface area contributed by atoms with Crippen molar-refractivity contribution in [1.29, 1.82) is 0 Å². The summed E-state index contributed by atoms with van der Waals surface area (Å²) in [5.74, 6) is -1.10. The molecule has 1 N–H and O–H groups in total. The van der Waals surface area contributed by atoms with Crippen molar-refractivity contribution in [3.05, 3.63) is 12.7 Å². The van der Waals surface area contributed by atoms with Crippen LogP contribution in [0.2, 0.25) is 0 Å². The summed E-state index contributed by atoms with van der Waals surface area (Å²) in [5, 5.41) is 9.21. The lowest BCUT2D eigenvalue weighted by Gasteiger charge is -2.35. The number of rotatable bonds is 6. The number of nitrogens with zero attached hydrogens (tertiary/aromatic N) is 1. The lowest BCUT2D eigenvalue weighted by Crippen LogP contribution is -2.51. The first-order valence-electron chi connectivity index (χ1n) is 6.54. The van der Waals surface area contributed by atoms with Crippen molar-refractivity contribution in [2.24, 2.45) is 0 Å². The molecule has 0 aromatic rings. The Balaban J connectivity index is 5.32. The predicted octanol–water partition coefficient (Wildman–Crippen LogP) is 3.05. The van der Waals surface area contributed by atoms with Gasteiger partial charge in [-0.2, -0.15) is 0 Å². The van der Waals surface area contributed by atoms with Gasteiger partial charge in [-0.15, -0.1) is 6.58 Å². The number of hydrogen-bond donors (Lipinski definition) is 1. The van der Waals surface area contributed by atoms with Crippen LogP contribution in [-0.4, -0.2) is 39.8 Å². The first kappa shape index (κ1) is 17.5. The average molecular weight is 271 g/mol. The zero-order valence-electron chi connectivity index (χ0n) is 12.5. The Bertz CT molecular complexity index is 329. The average Bonchev–Trinajstić information content (AvgIpc) is 2.26. The molecule has 0 bridgehead atoms. The molecule has 0 radical (unpaired) electrons. The van der Waals surface area contributed by atoms with Gasteiger partial charge < -0.3 is 9.84 Å². The Morgan fingerprint density at radius 2 is 1.79 bits per heavy atom. The minimum Gasteiger partial charge on any atom is -0.479 e. The molecule has 0 saturated heterocycles. The second kappa shape index (κ2) is 7.16. The molecule has 0 saturated carbocycles. The van der Waals surface area contributed by atoms with Crippen LogP contribution in [0, 0.1) is 0 Å². The number of carboxylic acids is 1. The number of hydrogen-bond acceptors (Lipinski definition) is 3. The molecule has 0 aliphatic rings. The molecule has 0 heterocycles. The van der Waals surface area contributed by atoms with Crippen LogP contribution in [0.5, 0.6) is 0 Å². The van der Waals surface area contributed by atoms with Gasteiger partial charge in [-0.1, -0.05) is 19.9 Å². The lowest BCUT2D eigenvalue weighted by atomic mass is 10.1. The van der Waals surface area contributed by atoms with E-state index < -0.39 is 23.7 Å². The first-order chi connectivity index (χ1) is 8.67. The zero-order valence-corrected chi connectivity index (χ0v) is 12.5. The van der Waals surface area contributed by atoms with Crippen molar-refractivity contribution in [3.63, 3.8) is 0 Å². The van der Waals surface area contributed by atoms with E-state index in [-0.39, 0.29) is 6.04 Å². The monoisotopic (exact) mass is 271 g/mol. The van der Waals surface area contributed by atoms with Crippen LogP contribution in [0.3, 0.4) is 0 Å². The summed E-state index contributed by atoms with van der Waals surface area (Å²) < 4.78 is 5.29. The topological polar surface area (TPSA) is 66.8 Å². The highest BCUT2D eigenvalue weighted by Gasteiger charge is 2.34. The van der Waals surface area contributed by atoms with Crippen LogP contribution in [-0.2, 0) is 9.53 Å². The van der Waals surface area contributed by atoms with Gasteiger partial charge >= 0.3 is 12.1 Å². The quantitative estimate of drug-likeness (QED) is 0.754. The highest BCUT2D eigenvalue weighted by Crippen LogP contribution is 2.19. The van der Waals surface area contributed by atoms with Gasteiger partial charge in [0.2, 0.25) is 0 Å². The standard InChI is InChI=1S/C14H25NO4/c1-7-10(8-2)15(11(9-3)12(16)17)13(18)19-14(4,5)6/h9-11H,3,7-8H2,1-2,4-6H3,(H,16,17)/t11-/m0/s1. The third-order valence-corrected chi connectivity index (χ3v) is 2.72. The maximum absolute atomic E-state index is 12.2. The minimum absolute atomic E-state index is 0.186. The molecule has 0 aromatic carbocycles. The predicted molar refractivity (Wildman–Crippen MR) is 74.1 cm³/mol. The Morgan fingerprint density at radius 1 is 1.32 bits per heavy atom.